The molecule has 3 aromatic rings. The molecular formula is C25H27FN3O2P. The summed E-state index contributed by atoms with van der Waals surface area (Å²) < 4.78 is 39.0. The first-order valence-electron chi connectivity index (χ1n) is 11.0. The summed E-state index contributed by atoms with van der Waals surface area (Å²) in [6.45, 7) is 3.84. The predicted octanol–water partition coefficient (Wildman–Crippen LogP) is 5.38. The highest BCUT2D eigenvalue weighted by Gasteiger charge is 2.52. The number of para-hydroxylation sites is 2. The molecule has 2 saturated heterocycles. The fraction of sp³-hybridized carbons (Fsp3) is 0.280. The summed E-state index contributed by atoms with van der Waals surface area (Å²) in [6.07, 6.45) is 0. The minimum atomic E-state index is -3.24. The van der Waals surface area contributed by atoms with Crippen molar-refractivity contribution in [3.63, 3.8) is 0 Å². The van der Waals surface area contributed by atoms with E-state index < -0.39 is 13.2 Å². The second-order valence-electron chi connectivity index (χ2n) is 8.08. The van der Waals surface area contributed by atoms with Crippen LogP contribution in [-0.2, 0) is 9.30 Å². The van der Waals surface area contributed by atoms with Gasteiger partial charge in [0.15, 0.2) is 0 Å². The van der Waals surface area contributed by atoms with E-state index in [1.54, 1.807) is 12.1 Å². The highest BCUT2D eigenvalue weighted by molar-refractivity contribution is 7.67. The SMILES string of the molecule is O=P1(C(c2ccc(F)cc2)N2CCOCC2)N(c2ccccc2)CCN1c1ccccc1. The zero-order valence-corrected chi connectivity index (χ0v) is 18.8. The van der Waals surface area contributed by atoms with E-state index in [0.29, 0.717) is 39.4 Å². The van der Waals surface area contributed by atoms with E-state index in [0.717, 1.165) is 16.9 Å². The molecule has 166 valence electrons. The molecule has 0 radical (unpaired) electrons. The minimum Gasteiger partial charge on any atom is -0.379 e. The number of ether oxygens (including phenoxy) is 1. The number of hydrogen-bond acceptors (Lipinski definition) is 3. The average molecular weight is 451 g/mol. The van der Waals surface area contributed by atoms with Crippen molar-refractivity contribution in [2.24, 2.45) is 0 Å². The fourth-order valence-electron chi connectivity index (χ4n) is 4.73. The van der Waals surface area contributed by atoms with Gasteiger partial charge in [-0.3, -0.25) is 9.46 Å². The van der Waals surface area contributed by atoms with Crippen LogP contribution in [0.4, 0.5) is 15.8 Å². The molecule has 0 spiro atoms. The summed E-state index contributed by atoms with van der Waals surface area (Å²) in [5.41, 5.74) is 2.74. The zero-order valence-electron chi connectivity index (χ0n) is 17.9. The summed E-state index contributed by atoms with van der Waals surface area (Å²) in [4.78, 5) is 2.24. The average Bonchev–Trinajstić information content (AvgIpc) is 3.19. The Balaban J connectivity index is 1.68. The van der Waals surface area contributed by atoms with Crippen molar-refractivity contribution in [3.05, 3.63) is 96.3 Å². The molecule has 7 heteroatoms. The molecule has 0 aliphatic carbocycles. The van der Waals surface area contributed by atoms with Gasteiger partial charge in [-0.25, -0.2) is 4.39 Å². The highest BCUT2D eigenvalue weighted by atomic mass is 31.2. The molecule has 3 aromatic carbocycles. The third-order valence-corrected chi connectivity index (χ3v) is 9.71. The van der Waals surface area contributed by atoms with E-state index in [-0.39, 0.29) is 5.82 Å². The van der Waals surface area contributed by atoms with Gasteiger partial charge in [-0.1, -0.05) is 48.5 Å². The first-order chi connectivity index (χ1) is 15.7. The largest absolute Gasteiger partial charge is 0.379 e. The van der Waals surface area contributed by atoms with E-state index in [1.807, 2.05) is 60.7 Å². The van der Waals surface area contributed by atoms with Crippen LogP contribution in [0.2, 0.25) is 0 Å². The van der Waals surface area contributed by atoms with Crippen LogP contribution in [0.5, 0.6) is 0 Å². The normalized spacial score (nSPS) is 19.8. The zero-order chi connectivity index (χ0) is 22.0. The molecule has 0 N–H and O–H groups in total. The van der Waals surface area contributed by atoms with Gasteiger partial charge in [-0.05, 0) is 42.0 Å². The summed E-state index contributed by atoms with van der Waals surface area (Å²) >= 11 is 0. The number of morpholine rings is 1. The number of hydrogen-bond donors (Lipinski definition) is 0. The van der Waals surface area contributed by atoms with Gasteiger partial charge in [-0.2, -0.15) is 0 Å². The van der Waals surface area contributed by atoms with Crippen molar-refractivity contribution in [2.45, 2.75) is 5.78 Å². The lowest BCUT2D eigenvalue weighted by Crippen LogP contribution is -2.42. The molecule has 2 aliphatic heterocycles. The van der Waals surface area contributed by atoms with E-state index in [1.165, 1.54) is 12.1 Å². The van der Waals surface area contributed by atoms with Gasteiger partial charge in [0.2, 0.25) is 0 Å². The Morgan fingerprint density at radius 3 is 1.72 bits per heavy atom. The first-order valence-corrected chi connectivity index (χ1v) is 12.7. The highest BCUT2D eigenvalue weighted by Crippen LogP contribution is 2.69. The van der Waals surface area contributed by atoms with Gasteiger partial charge >= 0.3 is 0 Å². The summed E-state index contributed by atoms with van der Waals surface area (Å²) in [5, 5.41) is 0. The summed E-state index contributed by atoms with van der Waals surface area (Å²) in [7, 11) is -3.24. The van der Waals surface area contributed by atoms with E-state index in [4.69, 9.17) is 4.74 Å². The molecule has 2 heterocycles. The molecule has 5 nitrogen and oxygen atoms in total. The third-order valence-electron chi connectivity index (χ3n) is 6.20. The lowest BCUT2D eigenvalue weighted by atomic mass is 10.2. The Kier molecular flexibility index (Phi) is 6.01. The van der Waals surface area contributed by atoms with Crippen LogP contribution in [0.1, 0.15) is 11.3 Å². The Morgan fingerprint density at radius 2 is 1.22 bits per heavy atom. The Hall–Kier alpha value is -2.66. The smallest absolute Gasteiger partial charge is 0.284 e. The molecule has 0 saturated carbocycles. The predicted molar refractivity (Wildman–Crippen MR) is 127 cm³/mol. The van der Waals surface area contributed by atoms with Crippen molar-refractivity contribution in [2.75, 3.05) is 48.7 Å². The number of anilines is 2. The molecule has 0 amide bonds. The summed E-state index contributed by atoms with van der Waals surface area (Å²) in [5.74, 6) is -0.700. The van der Waals surface area contributed by atoms with Gasteiger partial charge in [0, 0.05) is 37.6 Å². The van der Waals surface area contributed by atoms with E-state index >= 15 is 4.57 Å². The van der Waals surface area contributed by atoms with Crippen molar-refractivity contribution in [1.82, 2.24) is 4.90 Å². The first kappa shape index (κ1) is 21.2. The van der Waals surface area contributed by atoms with Crippen molar-refractivity contribution in [3.8, 4) is 0 Å². The molecule has 1 atom stereocenters. The maximum Gasteiger partial charge on any atom is 0.284 e. The van der Waals surface area contributed by atoms with E-state index in [2.05, 4.69) is 14.2 Å². The molecule has 0 aromatic heterocycles. The topological polar surface area (TPSA) is 36.0 Å². The van der Waals surface area contributed by atoms with Crippen LogP contribution >= 0.6 is 7.44 Å². The van der Waals surface area contributed by atoms with Crippen LogP contribution in [0.3, 0.4) is 0 Å². The lowest BCUT2D eigenvalue weighted by molar-refractivity contribution is 0.0303. The quantitative estimate of drug-likeness (QED) is 0.487. The van der Waals surface area contributed by atoms with Crippen LogP contribution < -0.4 is 9.34 Å². The fourth-order valence-corrected chi connectivity index (χ4v) is 8.42. The van der Waals surface area contributed by atoms with Crippen molar-refractivity contribution in [1.29, 1.82) is 0 Å². The van der Waals surface area contributed by atoms with Crippen LogP contribution in [0.15, 0.2) is 84.9 Å². The molecular weight excluding hydrogens is 424 g/mol. The molecule has 2 fully saturated rings. The monoisotopic (exact) mass is 451 g/mol. The van der Waals surface area contributed by atoms with Gasteiger partial charge in [-0.15, -0.1) is 0 Å². The molecule has 2 aliphatic rings. The van der Waals surface area contributed by atoms with Gasteiger partial charge in [0.25, 0.3) is 7.44 Å². The van der Waals surface area contributed by atoms with Crippen LogP contribution in [0.25, 0.3) is 0 Å². The molecule has 5 rings (SSSR count). The van der Waals surface area contributed by atoms with Gasteiger partial charge in [0.05, 0.1) is 13.2 Å². The van der Waals surface area contributed by atoms with Gasteiger partial charge < -0.3 is 14.1 Å². The maximum atomic E-state index is 15.4. The lowest BCUT2D eigenvalue weighted by Gasteiger charge is -2.44. The Bertz CT molecular complexity index is 1020. The van der Waals surface area contributed by atoms with Gasteiger partial charge in [0.1, 0.15) is 11.6 Å². The molecule has 32 heavy (non-hydrogen) atoms. The number of rotatable bonds is 5. The molecule has 1 unspecified atom stereocenters. The second-order valence-corrected chi connectivity index (χ2v) is 10.7. The second kappa shape index (κ2) is 9.07. The standard InChI is InChI=1S/C25H27FN3O2P/c26-22-13-11-21(12-14-22)25(27-17-19-31-20-18-27)32(30)28(23-7-3-1-4-8-23)15-16-29(32)24-9-5-2-6-10-24/h1-14,25H,15-20H2. The summed E-state index contributed by atoms with van der Waals surface area (Å²) in [6, 6.07) is 26.4. The van der Waals surface area contributed by atoms with Crippen LogP contribution in [0, 0.1) is 5.82 Å². The molecule has 0 bridgehead atoms. The maximum absolute atomic E-state index is 15.4. The number of nitrogens with zero attached hydrogens (tertiary/aromatic N) is 3. The Labute approximate surface area is 188 Å². The number of benzene rings is 3. The van der Waals surface area contributed by atoms with E-state index in [9.17, 15) is 4.39 Å². The minimum absolute atomic E-state index is 0.293. The van der Waals surface area contributed by atoms with Crippen LogP contribution in [-0.4, -0.2) is 44.3 Å². The number of halogens is 1. The Morgan fingerprint density at radius 1 is 0.719 bits per heavy atom. The third kappa shape index (κ3) is 3.83. The van der Waals surface area contributed by atoms with Crippen molar-refractivity contribution < 1.29 is 13.7 Å². The van der Waals surface area contributed by atoms with Crippen molar-refractivity contribution >= 4 is 18.8 Å².